The molecular formula is C19H25NO4. The van der Waals surface area contributed by atoms with Gasteiger partial charge in [-0.3, -0.25) is 9.59 Å². The summed E-state index contributed by atoms with van der Waals surface area (Å²) in [5, 5.41) is 12.5. The van der Waals surface area contributed by atoms with Gasteiger partial charge in [-0.1, -0.05) is 36.8 Å². The molecule has 5 nitrogen and oxygen atoms in total. The summed E-state index contributed by atoms with van der Waals surface area (Å²) in [5.41, 5.74) is 0.220. The van der Waals surface area contributed by atoms with E-state index in [1.54, 1.807) is 0 Å². The van der Waals surface area contributed by atoms with E-state index in [4.69, 9.17) is 4.74 Å². The van der Waals surface area contributed by atoms with E-state index in [2.05, 4.69) is 5.32 Å². The van der Waals surface area contributed by atoms with E-state index < -0.39 is 11.4 Å². The first-order valence-corrected chi connectivity index (χ1v) is 8.74. The quantitative estimate of drug-likeness (QED) is 0.805. The molecular weight excluding hydrogens is 306 g/mol. The number of carboxylic acid groups (broad SMARTS) is 1. The Hall–Kier alpha value is -1.88. The Labute approximate surface area is 142 Å². The van der Waals surface area contributed by atoms with Crippen LogP contribution in [0.2, 0.25) is 0 Å². The number of ether oxygens (including phenoxy) is 1. The van der Waals surface area contributed by atoms with Crippen LogP contribution in [0.3, 0.4) is 0 Å². The monoisotopic (exact) mass is 331 g/mol. The van der Waals surface area contributed by atoms with Crippen molar-refractivity contribution in [3.05, 3.63) is 35.9 Å². The van der Waals surface area contributed by atoms with Crippen molar-refractivity contribution < 1.29 is 19.4 Å². The van der Waals surface area contributed by atoms with E-state index in [1.165, 1.54) is 0 Å². The number of benzene rings is 1. The molecule has 5 heteroatoms. The lowest BCUT2D eigenvalue weighted by Crippen LogP contribution is -2.43. The number of carbonyl (C=O) groups excluding carboxylic acids is 1. The van der Waals surface area contributed by atoms with Crippen molar-refractivity contribution in [2.24, 2.45) is 11.3 Å². The van der Waals surface area contributed by atoms with Gasteiger partial charge in [-0.2, -0.15) is 0 Å². The number of hydrogen-bond donors (Lipinski definition) is 2. The first-order valence-electron chi connectivity index (χ1n) is 8.74. The molecule has 1 aromatic carbocycles. The standard InChI is InChI=1S/C19H25NO4/c21-17(12-19(18(22)23)8-4-9-19)20-16(11-14-7-10-24-13-14)15-5-2-1-3-6-15/h1-3,5-6,14,16H,4,7-13H2,(H,20,21)(H,22,23). The fraction of sp³-hybridized carbons (Fsp3) is 0.579. The Morgan fingerprint density at radius 2 is 2.04 bits per heavy atom. The Morgan fingerprint density at radius 3 is 2.58 bits per heavy atom. The third kappa shape index (κ3) is 3.78. The molecule has 2 N–H and O–H groups in total. The third-order valence-corrected chi connectivity index (χ3v) is 5.39. The fourth-order valence-corrected chi connectivity index (χ4v) is 3.69. The van der Waals surface area contributed by atoms with E-state index in [-0.39, 0.29) is 18.4 Å². The molecule has 1 aliphatic heterocycles. The molecule has 0 aromatic heterocycles. The minimum Gasteiger partial charge on any atom is -0.481 e. The van der Waals surface area contributed by atoms with Crippen LogP contribution in [-0.2, 0) is 14.3 Å². The lowest BCUT2D eigenvalue weighted by Gasteiger charge is -2.37. The molecule has 0 spiro atoms. The molecule has 1 heterocycles. The van der Waals surface area contributed by atoms with Crippen LogP contribution in [0.5, 0.6) is 0 Å². The zero-order valence-corrected chi connectivity index (χ0v) is 13.9. The molecule has 2 atom stereocenters. The molecule has 1 saturated heterocycles. The van der Waals surface area contributed by atoms with Crippen molar-refractivity contribution in [3.8, 4) is 0 Å². The highest BCUT2D eigenvalue weighted by molar-refractivity contribution is 5.85. The van der Waals surface area contributed by atoms with Gasteiger partial charge >= 0.3 is 5.97 Å². The van der Waals surface area contributed by atoms with Gasteiger partial charge < -0.3 is 15.2 Å². The molecule has 1 aliphatic carbocycles. The van der Waals surface area contributed by atoms with Gasteiger partial charge in [0.1, 0.15) is 0 Å². The summed E-state index contributed by atoms with van der Waals surface area (Å²) >= 11 is 0. The predicted molar refractivity (Wildman–Crippen MR) is 89.4 cm³/mol. The third-order valence-electron chi connectivity index (χ3n) is 5.39. The summed E-state index contributed by atoms with van der Waals surface area (Å²) < 4.78 is 5.45. The Kier molecular flexibility index (Phi) is 5.19. The molecule has 24 heavy (non-hydrogen) atoms. The van der Waals surface area contributed by atoms with Crippen molar-refractivity contribution in [1.29, 1.82) is 0 Å². The van der Waals surface area contributed by atoms with Crippen LogP contribution < -0.4 is 5.32 Å². The number of amides is 1. The molecule has 0 bridgehead atoms. The first kappa shape index (κ1) is 17.0. The maximum absolute atomic E-state index is 12.5. The second-order valence-electron chi connectivity index (χ2n) is 7.11. The van der Waals surface area contributed by atoms with Crippen LogP contribution in [0.15, 0.2) is 30.3 Å². The Morgan fingerprint density at radius 1 is 1.29 bits per heavy atom. The lowest BCUT2D eigenvalue weighted by atomic mass is 9.66. The Bertz CT molecular complexity index is 576. The molecule has 1 aromatic rings. The number of carbonyl (C=O) groups is 2. The van der Waals surface area contributed by atoms with E-state index >= 15 is 0 Å². The van der Waals surface area contributed by atoms with Crippen LogP contribution >= 0.6 is 0 Å². The highest BCUT2D eigenvalue weighted by Crippen LogP contribution is 2.44. The molecule has 1 amide bonds. The minimum atomic E-state index is -0.845. The Balaban J connectivity index is 1.66. The van der Waals surface area contributed by atoms with Crippen molar-refractivity contribution in [2.75, 3.05) is 13.2 Å². The molecule has 130 valence electrons. The van der Waals surface area contributed by atoms with Crippen molar-refractivity contribution in [1.82, 2.24) is 5.32 Å². The van der Waals surface area contributed by atoms with Gasteiger partial charge in [0.15, 0.2) is 0 Å². The summed E-state index contributed by atoms with van der Waals surface area (Å²) in [6, 6.07) is 9.81. The summed E-state index contributed by atoms with van der Waals surface area (Å²) in [7, 11) is 0. The summed E-state index contributed by atoms with van der Waals surface area (Å²) in [6.45, 7) is 1.51. The van der Waals surface area contributed by atoms with Crippen LogP contribution in [0, 0.1) is 11.3 Å². The highest BCUT2D eigenvalue weighted by Gasteiger charge is 2.46. The zero-order chi connectivity index (χ0) is 17.0. The molecule has 2 fully saturated rings. The second-order valence-corrected chi connectivity index (χ2v) is 7.11. The first-order chi connectivity index (χ1) is 11.6. The predicted octanol–water partition coefficient (Wildman–Crippen LogP) is 2.92. The number of aliphatic carboxylic acids is 1. The summed E-state index contributed by atoms with van der Waals surface area (Å²) in [5.74, 6) is -0.568. The average molecular weight is 331 g/mol. The number of rotatable bonds is 7. The van der Waals surface area contributed by atoms with E-state index in [9.17, 15) is 14.7 Å². The fourth-order valence-electron chi connectivity index (χ4n) is 3.69. The maximum Gasteiger partial charge on any atom is 0.310 e. The molecule has 2 unspecified atom stereocenters. The van der Waals surface area contributed by atoms with Gasteiger partial charge in [-0.05, 0) is 37.2 Å². The number of nitrogens with one attached hydrogen (secondary N) is 1. The van der Waals surface area contributed by atoms with Crippen LogP contribution in [0.4, 0.5) is 0 Å². The second kappa shape index (κ2) is 7.34. The van der Waals surface area contributed by atoms with E-state index in [0.717, 1.165) is 38.0 Å². The number of carboxylic acids is 1. The smallest absolute Gasteiger partial charge is 0.310 e. The van der Waals surface area contributed by atoms with Crippen molar-refractivity contribution in [3.63, 3.8) is 0 Å². The molecule has 3 rings (SSSR count). The lowest BCUT2D eigenvalue weighted by molar-refractivity contribution is -0.157. The van der Waals surface area contributed by atoms with Gasteiger partial charge in [0.25, 0.3) is 0 Å². The maximum atomic E-state index is 12.5. The van der Waals surface area contributed by atoms with Crippen LogP contribution in [0.1, 0.15) is 50.1 Å². The van der Waals surface area contributed by atoms with Gasteiger partial charge in [-0.15, -0.1) is 0 Å². The number of hydrogen-bond acceptors (Lipinski definition) is 3. The van der Waals surface area contributed by atoms with Gasteiger partial charge in [0.2, 0.25) is 5.91 Å². The van der Waals surface area contributed by atoms with Gasteiger partial charge in [0, 0.05) is 19.6 Å². The van der Waals surface area contributed by atoms with E-state index in [1.807, 2.05) is 30.3 Å². The summed E-state index contributed by atoms with van der Waals surface area (Å²) in [6.07, 6.45) is 4.01. The normalized spacial score (nSPS) is 23.2. The zero-order valence-electron chi connectivity index (χ0n) is 13.9. The average Bonchev–Trinajstić information content (AvgIpc) is 3.04. The van der Waals surface area contributed by atoms with Crippen molar-refractivity contribution >= 4 is 11.9 Å². The topological polar surface area (TPSA) is 75.6 Å². The van der Waals surface area contributed by atoms with Crippen molar-refractivity contribution in [2.45, 2.75) is 44.6 Å². The molecule has 0 radical (unpaired) electrons. The minimum absolute atomic E-state index is 0.0762. The van der Waals surface area contributed by atoms with Crippen LogP contribution in [-0.4, -0.2) is 30.2 Å². The molecule has 1 saturated carbocycles. The van der Waals surface area contributed by atoms with Crippen LogP contribution in [0.25, 0.3) is 0 Å². The summed E-state index contributed by atoms with van der Waals surface area (Å²) in [4.78, 5) is 24.0. The van der Waals surface area contributed by atoms with Gasteiger partial charge in [-0.25, -0.2) is 0 Å². The SMILES string of the molecule is O=C(CC1(C(=O)O)CCC1)NC(CC1CCOC1)c1ccccc1. The molecule has 2 aliphatic rings. The largest absolute Gasteiger partial charge is 0.481 e. The van der Waals surface area contributed by atoms with E-state index in [0.29, 0.717) is 18.8 Å². The van der Waals surface area contributed by atoms with Gasteiger partial charge in [0.05, 0.1) is 11.5 Å². The highest BCUT2D eigenvalue weighted by atomic mass is 16.5.